The normalized spacial score (nSPS) is 15.0. The van der Waals surface area contributed by atoms with Crippen LogP contribution in [0.15, 0.2) is 24.3 Å². The van der Waals surface area contributed by atoms with Crippen LogP contribution in [0, 0.1) is 0 Å². The minimum atomic E-state index is -1.07. The number of piperidine rings is 1. The fourth-order valence-corrected chi connectivity index (χ4v) is 2.76. The number of carboxylic acids is 1. The van der Waals surface area contributed by atoms with E-state index in [2.05, 4.69) is 0 Å². The lowest BCUT2D eigenvalue weighted by atomic mass is 10.0. The Morgan fingerprint density at radius 3 is 2.54 bits per heavy atom. The second-order valence-corrected chi connectivity index (χ2v) is 5.86. The summed E-state index contributed by atoms with van der Waals surface area (Å²) in [6.07, 6.45) is 1.49. The molecule has 130 valence electrons. The van der Waals surface area contributed by atoms with E-state index in [1.54, 1.807) is 48.0 Å². The summed E-state index contributed by atoms with van der Waals surface area (Å²) in [5.41, 5.74) is 0.469. The molecule has 7 heteroatoms. The number of nitrogens with zero attached hydrogens (tertiary/aromatic N) is 2. The predicted molar refractivity (Wildman–Crippen MR) is 86.9 cm³/mol. The summed E-state index contributed by atoms with van der Waals surface area (Å²) in [7, 11) is 1.79. The molecule has 0 spiro atoms. The largest absolute Gasteiger partial charge is 0.482 e. The van der Waals surface area contributed by atoms with Crippen molar-refractivity contribution in [3.05, 3.63) is 29.8 Å². The Hall–Kier alpha value is -2.57. The predicted octanol–water partition coefficient (Wildman–Crippen LogP) is 1.23. The Bertz CT molecular complexity index is 623. The van der Waals surface area contributed by atoms with Crippen molar-refractivity contribution in [3.63, 3.8) is 0 Å². The average molecular weight is 334 g/mol. The molecule has 0 bridgehead atoms. The minimum absolute atomic E-state index is 0.0306. The van der Waals surface area contributed by atoms with Crippen LogP contribution < -0.4 is 4.74 Å². The fraction of sp³-hybridized carbons (Fsp3) is 0.471. The summed E-state index contributed by atoms with van der Waals surface area (Å²) in [6.45, 7) is 2.27. The topological polar surface area (TPSA) is 87.2 Å². The standard InChI is InChI=1S/C17H22N2O5/c1-12(20)18(2)14-6-8-19(9-7-14)17(23)13-4-3-5-15(10-13)24-11-16(21)22/h3-5,10,14H,6-9,11H2,1-2H3,(H,21,22). The van der Waals surface area contributed by atoms with Crippen LogP contribution in [-0.4, -0.2) is 65.5 Å². The Balaban J connectivity index is 1.96. The van der Waals surface area contributed by atoms with Gasteiger partial charge in [0.1, 0.15) is 5.75 Å². The highest BCUT2D eigenvalue weighted by Crippen LogP contribution is 2.20. The molecular formula is C17H22N2O5. The first-order valence-electron chi connectivity index (χ1n) is 7.86. The molecule has 1 fully saturated rings. The molecule has 1 aromatic carbocycles. The van der Waals surface area contributed by atoms with Crippen molar-refractivity contribution in [3.8, 4) is 5.75 Å². The zero-order valence-electron chi connectivity index (χ0n) is 13.9. The molecule has 2 rings (SSSR count). The minimum Gasteiger partial charge on any atom is -0.482 e. The van der Waals surface area contributed by atoms with Gasteiger partial charge in [0.25, 0.3) is 5.91 Å². The molecule has 0 saturated carbocycles. The SMILES string of the molecule is CC(=O)N(C)C1CCN(C(=O)c2cccc(OCC(=O)O)c2)CC1. The van der Waals surface area contributed by atoms with E-state index in [0.29, 0.717) is 24.4 Å². The van der Waals surface area contributed by atoms with E-state index >= 15 is 0 Å². The van der Waals surface area contributed by atoms with E-state index in [0.717, 1.165) is 12.8 Å². The molecule has 1 aliphatic heterocycles. The van der Waals surface area contributed by atoms with Crippen molar-refractivity contribution in [2.45, 2.75) is 25.8 Å². The van der Waals surface area contributed by atoms with Gasteiger partial charge in [-0.25, -0.2) is 4.79 Å². The number of likely N-dealkylation sites (tertiary alicyclic amines) is 1. The van der Waals surface area contributed by atoms with Gasteiger partial charge in [0.05, 0.1) is 0 Å². The highest BCUT2D eigenvalue weighted by Gasteiger charge is 2.26. The number of ether oxygens (including phenoxy) is 1. The number of hydrogen-bond donors (Lipinski definition) is 1. The summed E-state index contributed by atoms with van der Waals surface area (Å²) >= 11 is 0. The summed E-state index contributed by atoms with van der Waals surface area (Å²) < 4.78 is 5.11. The Kier molecular flexibility index (Phi) is 5.78. The number of carbonyl (C=O) groups excluding carboxylic acids is 2. The van der Waals surface area contributed by atoms with Crippen molar-refractivity contribution in [1.82, 2.24) is 9.80 Å². The third-order valence-corrected chi connectivity index (χ3v) is 4.24. The van der Waals surface area contributed by atoms with E-state index in [1.807, 2.05) is 0 Å². The third kappa shape index (κ3) is 4.47. The van der Waals surface area contributed by atoms with E-state index in [1.165, 1.54) is 0 Å². The number of carboxylic acid groups (broad SMARTS) is 1. The van der Waals surface area contributed by atoms with Crippen molar-refractivity contribution in [1.29, 1.82) is 0 Å². The van der Waals surface area contributed by atoms with Crippen molar-refractivity contribution >= 4 is 17.8 Å². The molecule has 24 heavy (non-hydrogen) atoms. The van der Waals surface area contributed by atoms with Gasteiger partial charge in [0.2, 0.25) is 5.91 Å². The highest BCUT2D eigenvalue weighted by molar-refractivity contribution is 5.94. The molecule has 0 aromatic heterocycles. The maximum Gasteiger partial charge on any atom is 0.341 e. The Labute approximate surface area is 140 Å². The first-order valence-corrected chi connectivity index (χ1v) is 7.86. The Morgan fingerprint density at radius 1 is 1.29 bits per heavy atom. The van der Waals surface area contributed by atoms with E-state index in [-0.39, 0.29) is 17.9 Å². The van der Waals surface area contributed by atoms with E-state index in [4.69, 9.17) is 9.84 Å². The molecule has 1 N–H and O–H groups in total. The summed E-state index contributed by atoms with van der Waals surface area (Å²) in [5, 5.41) is 8.64. The molecule has 0 radical (unpaired) electrons. The van der Waals surface area contributed by atoms with Crippen LogP contribution in [-0.2, 0) is 9.59 Å². The molecule has 0 aliphatic carbocycles. The highest BCUT2D eigenvalue weighted by atomic mass is 16.5. The lowest BCUT2D eigenvalue weighted by Crippen LogP contribution is -2.46. The monoisotopic (exact) mass is 334 g/mol. The van der Waals surface area contributed by atoms with Crippen LogP contribution in [0.2, 0.25) is 0 Å². The molecule has 1 aliphatic rings. The molecule has 0 unspecified atom stereocenters. The van der Waals surface area contributed by atoms with Gasteiger partial charge >= 0.3 is 5.97 Å². The molecule has 2 amide bonds. The second kappa shape index (κ2) is 7.81. The maximum absolute atomic E-state index is 12.6. The average Bonchev–Trinajstić information content (AvgIpc) is 2.59. The van der Waals surface area contributed by atoms with Crippen LogP contribution in [0.4, 0.5) is 0 Å². The number of carbonyl (C=O) groups is 3. The van der Waals surface area contributed by atoms with Crippen LogP contribution in [0.1, 0.15) is 30.1 Å². The Morgan fingerprint density at radius 2 is 1.96 bits per heavy atom. The number of amides is 2. The van der Waals surface area contributed by atoms with Gasteiger partial charge in [-0.3, -0.25) is 9.59 Å². The fourth-order valence-electron chi connectivity index (χ4n) is 2.76. The van der Waals surface area contributed by atoms with Gasteiger partial charge < -0.3 is 19.6 Å². The molecule has 0 atom stereocenters. The van der Waals surface area contributed by atoms with E-state index < -0.39 is 12.6 Å². The van der Waals surface area contributed by atoms with Crippen LogP contribution in [0.3, 0.4) is 0 Å². The number of aliphatic carboxylic acids is 1. The number of benzene rings is 1. The van der Waals surface area contributed by atoms with Gasteiger partial charge in [-0.1, -0.05) is 6.07 Å². The van der Waals surface area contributed by atoms with Crippen LogP contribution in [0.25, 0.3) is 0 Å². The third-order valence-electron chi connectivity index (χ3n) is 4.24. The zero-order chi connectivity index (χ0) is 17.7. The quantitative estimate of drug-likeness (QED) is 0.875. The first kappa shape index (κ1) is 17.8. The zero-order valence-corrected chi connectivity index (χ0v) is 13.9. The number of rotatable bonds is 5. The van der Waals surface area contributed by atoms with Crippen LogP contribution in [0.5, 0.6) is 5.75 Å². The molecule has 7 nitrogen and oxygen atoms in total. The summed E-state index contributed by atoms with van der Waals surface area (Å²) in [4.78, 5) is 38.0. The van der Waals surface area contributed by atoms with Crippen LogP contribution >= 0.6 is 0 Å². The molecule has 1 aromatic rings. The lowest BCUT2D eigenvalue weighted by Gasteiger charge is -2.36. The summed E-state index contributed by atoms with van der Waals surface area (Å²) in [5.74, 6) is -0.791. The molecule has 1 saturated heterocycles. The molecular weight excluding hydrogens is 312 g/mol. The van der Waals surface area contributed by atoms with Gasteiger partial charge in [-0.15, -0.1) is 0 Å². The van der Waals surface area contributed by atoms with Crippen molar-refractivity contribution in [2.24, 2.45) is 0 Å². The van der Waals surface area contributed by atoms with Gasteiger partial charge in [-0.2, -0.15) is 0 Å². The van der Waals surface area contributed by atoms with Crippen molar-refractivity contribution < 1.29 is 24.2 Å². The lowest BCUT2D eigenvalue weighted by molar-refractivity contribution is -0.139. The van der Waals surface area contributed by atoms with Gasteiger partial charge in [0, 0.05) is 38.7 Å². The summed E-state index contributed by atoms with van der Waals surface area (Å²) in [6, 6.07) is 6.69. The molecule has 1 heterocycles. The smallest absolute Gasteiger partial charge is 0.341 e. The second-order valence-electron chi connectivity index (χ2n) is 5.86. The maximum atomic E-state index is 12.6. The van der Waals surface area contributed by atoms with Crippen molar-refractivity contribution in [2.75, 3.05) is 26.7 Å². The number of hydrogen-bond acceptors (Lipinski definition) is 4. The first-order chi connectivity index (χ1) is 11.4. The van der Waals surface area contributed by atoms with Gasteiger partial charge in [0.15, 0.2) is 6.61 Å². The van der Waals surface area contributed by atoms with E-state index in [9.17, 15) is 14.4 Å². The van der Waals surface area contributed by atoms with Gasteiger partial charge in [-0.05, 0) is 31.0 Å².